The van der Waals surface area contributed by atoms with Gasteiger partial charge in [-0.05, 0) is 31.2 Å². The smallest absolute Gasteiger partial charge is 0.307 e. The summed E-state index contributed by atoms with van der Waals surface area (Å²) in [4.78, 5) is 13.0. The molecule has 0 amide bonds. The zero-order chi connectivity index (χ0) is 12.1. The van der Waals surface area contributed by atoms with E-state index in [0.717, 1.165) is 5.69 Å². The van der Waals surface area contributed by atoms with Crippen LogP contribution in [0.3, 0.4) is 0 Å². The van der Waals surface area contributed by atoms with E-state index in [0.29, 0.717) is 6.42 Å². The lowest BCUT2D eigenvalue weighted by molar-refractivity contribution is -0.140. The number of halogens is 1. The molecule has 0 N–H and O–H groups in total. The Balaban J connectivity index is 2.66. The van der Waals surface area contributed by atoms with Crippen molar-refractivity contribution >= 4 is 11.7 Å². The normalized spacial score (nSPS) is 12.0. The van der Waals surface area contributed by atoms with Crippen LogP contribution >= 0.6 is 0 Å². The highest BCUT2D eigenvalue weighted by Gasteiger charge is 2.14. The third-order valence-electron chi connectivity index (χ3n) is 2.58. The average Bonchev–Trinajstić information content (AvgIpc) is 2.28. The number of ether oxygens (including phenoxy) is 1. The van der Waals surface area contributed by atoms with E-state index in [-0.39, 0.29) is 17.8 Å². The lowest BCUT2D eigenvalue weighted by Crippen LogP contribution is -2.31. The first kappa shape index (κ1) is 12.5. The summed E-state index contributed by atoms with van der Waals surface area (Å²) in [5.41, 5.74) is 0.873. The van der Waals surface area contributed by atoms with Crippen LogP contribution in [-0.2, 0) is 9.53 Å². The van der Waals surface area contributed by atoms with Gasteiger partial charge in [-0.15, -0.1) is 0 Å². The molecule has 0 fully saturated rings. The van der Waals surface area contributed by atoms with E-state index in [2.05, 4.69) is 4.74 Å². The topological polar surface area (TPSA) is 29.5 Å². The van der Waals surface area contributed by atoms with Crippen LogP contribution in [0.1, 0.15) is 13.3 Å². The van der Waals surface area contributed by atoms with Crippen LogP contribution in [0, 0.1) is 5.82 Å². The molecule has 88 valence electrons. The minimum Gasteiger partial charge on any atom is -0.469 e. The summed E-state index contributed by atoms with van der Waals surface area (Å²) in [6.45, 7) is 1.92. The van der Waals surface area contributed by atoms with Crippen molar-refractivity contribution in [3.63, 3.8) is 0 Å². The third kappa shape index (κ3) is 3.22. The Bertz CT molecular complexity index is 351. The van der Waals surface area contributed by atoms with Crippen LogP contribution in [0.5, 0.6) is 0 Å². The van der Waals surface area contributed by atoms with Gasteiger partial charge >= 0.3 is 5.97 Å². The molecule has 1 aromatic rings. The fraction of sp³-hybridized carbons (Fsp3) is 0.417. The molecule has 1 atom stereocenters. The molecule has 0 spiro atoms. The van der Waals surface area contributed by atoms with Crippen LogP contribution in [0.2, 0.25) is 0 Å². The molecule has 0 bridgehead atoms. The van der Waals surface area contributed by atoms with Gasteiger partial charge < -0.3 is 9.64 Å². The van der Waals surface area contributed by atoms with E-state index in [1.807, 2.05) is 18.9 Å². The van der Waals surface area contributed by atoms with E-state index >= 15 is 0 Å². The molecule has 0 aliphatic heterocycles. The predicted octanol–water partition coefficient (Wildman–Crippen LogP) is 2.21. The van der Waals surface area contributed by atoms with Crippen molar-refractivity contribution in [3.8, 4) is 0 Å². The molecular weight excluding hydrogens is 209 g/mol. The highest BCUT2D eigenvalue weighted by Crippen LogP contribution is 2.17. The summed E-state index contributed by atoms with van der Waals surface area (Å²) in [5, 5.41) is 0. The highest BCUT2D eigenvalue weighted by atomic mass is 19.1. The summed E-state index contributed by atoms with van der Waals surface area (Å²) < 4.78 is 17.3. The van der Waals surface area contributed by atoms with Gasteiger partial charge in [0.25, 0.3) is 0 Å². The molecule has 1 rings (SSSR count). The first-order valence-corrected chi connectivity index (χ1v) is 5.10. The van der Waals surface area contributed by atoms with Crippen molar-refractivity contribution in [1.29, 1.82) is 0 Å². The summed E-state index contributed by atoms with van der Waals surface area (Å²) in [6.07, 6.45) is 0.310. The second-order valence-electron chi connectivity index (χ2n) is 3.72. The van der Waals surface area contributed by atoms with Gasteiger partial charge in [0.05, 0.1) is 13.5 Å². The molecule has 0 saturated heterocycles. The quantitative estimate of drug-likeness (QED) is 0.736. The molecule has 4 heteroatoms. The number of rotatable bonds is 4. The predicted molar refractivity (Wildman–Crippen MR) is 60.9 cm³/mol. The van der Waals surface area contributed by atoms with Crippen molar-refractivity contribution in [2.75, 3.05) is 19.1 Å². The second kappa shape index (κ2) is 5.49. The SMILES string of the molecule is COC(=O)CC(C)N(C)c1ccc(F)cc1. The minimum absolute atomic E-state index is 0.0120. The van der Waals surface area contributed by atoms with Crippen molar-refractivity contribution in [3.05, 3.63) is 30.1 Å². The van der Waals surface area contributed by atoms with Gasteiger partial charge in [0.1, 0.15) is 5.82 Å². The first-order valence-electron chi connectivity index (χ1n) is 5.10. The van der Waals surface area contributed by atoms with Crippen LogP contribution < -0.4 is 4.90 Å². The number of hydrogen-bond donors (Lipinski definition) is 0. The van der Waals surface area contributed by atoms with Gasteiger partial charge in [-0.3, -0.25) is 4.79 Å². The molecule has 1 aromatic carbocycles. The molecule has 3 nitrogen and oxygen atoms in total. The maximum absolute atomic E-state index is 12.7. The number of carbonyl (C=O) groups excluding carboxylic acids is 1. The van der Waals surface area contributed by atoms with Crippen LogP contribution in [-0.4, -0.2) is 26.2 Å². The lowest BCUT2D eigenvalue weighted by atomic mass is 10.2. The minimum atomic E-state index is -0.266. The number of methoxy groups -OCH3 is 1. The monoisotopic (exact) mass is 225 g/mol. The molecule has 16 heavy (non-hydrogen) atoms. The fourth-order valence-electron chi connectivity index (χ4n) is 1.39. The van der Waals surface area contributed by atoms with Crippen LogP contribution in [0.25, 0.3) is 0 Å². The zero-order valence-electron chi connectivity index (χ0n) is 9.74. The Kier molecular flexibility index (Phi) is 4.28. The van der Waals surface area contributed by atoms with Crippen LogP contribution in [0.15, 0.2) is 24.3 Å². The van der Waals surface area contributed by atoms with E-state index < -0.39 is 0 Å². The lowest BCUT2D eigenvalue weighted by Gasteiger charge is -2.26. The maximum atomic E-state index is 12.7. The van der Waals surface area contributed by atoms with E-state index in [1.54, 1.807) is 12.1 Å². The number of hydrogen-bond acceptors (Lipinski definition) is 3. The molecule has 1 unspecified atom stereocenters. The second-order valence-corrected chi connectivity index (χ2v) is 3.72. The Morgan fingerprint density at radius 2 is 2.00 bits per heavy atom. The molecule has 0 radical (unpaired) electrons. The van der Waals surface area contributed by atoms with E-state index in [9.17, 15) is 9.18 Å². The van der Waals surface area contributed by atoms with Gasteiger partial charge in [0, 0.05) is 18.8 Å². The average molecular weight is 225 g/mol. The first-order chi connectivity index (χ1) is 7.54. The molecule has 0 saturated carbocycles. The Morgan fingerprint density at radius 1 is 1.44 bits per heavy atom. The number of esters is 1. The Hall–Kier alpha value is -1.58. The van der Waals surface area contributed by atoms with Crippen molar-refractivity contribution in [2.24, 2.45) is 0 Å². The fourth-order valence-corrected chi connectivity index (χ4v) is 1.39. The zero-order valence-corrected chi connectivity index (χ0v) is 9.74. The Labute approximate surface area is 94.8 Å². The van der Waals surface area contributed by atoms with Crippen LogP contribution in [0.4, 0.5) is 10.1 Å². The number of carbonyl (C=O) groups is 1. The summed E-state index contributed by atoms with van der Waals surface area (Å²) in [5.74, 6) is -0.515. The van der Waals surface area contributed by atoms with Gasteiger partial charge in [-0.2, -0.15) is 0 Å². The third-order valence-corrected chi connectivity index (χ3v) is 2.58. The van der Waals surface area contributed by atoms with E-state index in [4.69, 9.17) is 0 Å². The highest BCUT2D eigenvalue weighted by molar-refractivity contribution is 5.70. The van der Waals surface area contributed by atoms with Gasteiger partial charge in [0.15, 0.2) is 0 Å². The van der Waals surface area contributed by atoms with Gasteiger partial charge in [-0.25, -0.2) is 4.39 Å². The molecule has 0 aliphatic carbocycles. The van der Waals surface area contributed by atoms with Gasteiger partial charge in [0.2, 0.25) is 0 Å². The van der Waals surface area contributed by atoms with Crippen molar-refractivity contribution in [2.45, 2.75) is 19.4 Å². The van der Waals surface area contributed by atoms with Gasteiger partial charge in [-0.1, -0.05) is 0 Å². The van der Waals surface area contributed by atoms with Crippen molar-refractivity contribution in [1.82, 2.24) is 0 Å². The van der Waals surface area contributed by atoms with E-state index in [1.165, 1.54) is 19.2 Å². The number of benzene rings is 1. The standard InChI is InChI=1S/C12H16FNO2/c1-9(8-12(15)16-3)14(2)11-6-4-10(13)5-7-11/h4-7,9H,8H2,1-3H3. The summed E-state index contributed by atoms with van der Waals surface area (Å²) >= 11 is 0. The molecular formula is C12H16FNO2. The molecule has 0 heterocycles. The molecule has 0 aromatic heterocycles. The number of anilines is 1. The summed E-state index contributed by atoms with van der Waals surface area (Å²) in [6, 6.07) is 6.18. The largest absolute Gasteiger partial charge is 0.469 e. The molecule has 0 aliphatic rings. The summed E-state index contributed by atoms with van der Waals surface area (Å²) in [7, 11) is 3.23. The van der Waals surface area contributed by atoms with Crippen molar-refractivity contribution < 1.29 is 13.9 Å². The maximum Gasteiger partial charge on any atom is 0.307 e. The Morgan fingerprint density at radius 3 is 2.50 bits per heavy atom. The number of nitrogens with zero attached hydrogens (tertiary/aromatic N) is 1.